The van der Waals surface area contributed by atoms with E-state index in [-0.39, 0.29) is 11.9 Å². The van der Waals surface area contributed by atoms with Gasteiger partial charge >= 0.3 is 0 Å². The minimum Gasteiger partial charge on any atom is -0.351 e. The first-order chi connectivity index (χ1) is 7.72. The van der Waals surface area contributed by atoms with Gasteiger partial charge < -0.3 is 9.42 Å². The monoisotopic (exact) mass is 286 g/mol. The molecule has 0 aromatic carbocycles. The second-order valence-electron chi connectivity index (χ2n) is 4.13. The standard InChI is InChI=1S/C11H15BrN2O2/c1-8-6-10(16-13-8)11(15)14-5-3-2-4-9(14)7-12/h6,9H,2-5,7H2,1H3. The molecule has 0 aliphatic carbocycles. The number of nitrogens with zero attached hydrogens (tertiary/aromatic N) is 2. The number of alkyl halides is 1. The van der Waals surface area contributed by atoms with E-state index >= 15 is 0 Å². The van der Waals surface area contributed by atoms with Crippen LogP contribution in [0.1, 0.15) is 35.5 Å². The first-order valence-corrected chi connectivity index (χ1v) is 6.65. The highest BCUT2D eigenvalue weighted by Crippen LogP contribution is 2.21. The normalized spacial score (nSPS) is 21.1. The van der Waals surface area contributed by atoms with Gasteiger partial charge in [0.05, 0.1) is 5.69 Å². The van der Waals surface area contributed by atoms with E-state index in [0.29, 0.717) is 5.76 Å². The molecule has 1 fully saturated rings. The third-order valence-corrected chi connectivity index (χ3v) is 3.65. The molecule has 5 heteroatoms. The van der Waals surface area contributed by atoms with E-state index in [2.05, 4.69) is 21.1 Å². The highest BCUT2D eigenvalue weighted by molar-refractivity contribution is 9.09. The molecule has 1 amide bonds. The Kier molecular flexibility index (Phi) is 3.63. The first-order valence-electron chi connectivity index (χ1n) is 5.52. The van der Waals surface area contributed by atoms with Crippen LogP contribution in [-0.4, -0.2) is 33.9 Å². The van der Waals surface area contributed by atoms with Gasteiger partial charge in [0.2, 0.25) is 5.76 Å². The minimum absolute atomic E-state index is 0.0373. The third kappa shape index (κ3) is 2.29. The number of halogens is 1. The predicted octanol–water partition coefficient (Wildman–Crippen LogP) is 2.37. The molecule has 4 nitrogen and oxygen atoms in total. The van der Waals surface area contributed by atoms with Crippen LogP contribution in [0.3, 0.4) is 0 Å². The topological polar surface area (TPSA) is 46.3 Å². The van der Waals surface area contributed by atoms with Gasteiger partial charge in [0.1, 0.15) is 0 Å². The van der Waals surface area contributed by atoms with Crippen LogP contribution in [0.4, 0.5) is 0 Å². The van der Waals surface area contributed by atoms with Crippen molar-refractivity contribution in [1.82, 2.24) is 10.1 Å². The number of hydrogen-bond donors (Lipinski definition) is 0. The van der Waals surface area contributed by atoms with Gasteiger partial charge in [-0.3, -0.25) is 4.79 Å². The third-order valence-electron chi connectivity index (χ3n) is 2.90. The van der Waals surface area contributed by atoms with Gasteiger partial charge in [0.15, 0.2) is 0 Å². The van der Waals surface area contributed by atoms with Crippen LogP contribution in [0.5, 0.6) is 0 Å². The van der Waals surface area contributed by atoms with E-state index in [1.54, 1.807) is 6.07 Å². The number of amides is 1. The van der Waals surface area contributed by atoms with Crippen LogP contribution in [0, 0.1) is 6.92 Å². The zero-order valence-electron chi connectivity index (χ0n) is 9.28. The number of likely N-dealkylation sites (tertiary alicyclic amines) is 1. The Bertz CT molecular complexity index is 378. The smallest absolute Gasteiger partial charge is 0.292 e. The van der Waals surface area contributed by atoms with Gasteiger partial charge in [-0.2, -0.15) is 0 Å². The van der Waals surface area contributed by atoms with Gasteiger partial charge in [-0.1, -0.05) is 21.1 Å². The van der Waals surface area contributed by atoms with Crippen molar-refractivity contribution in [1.29, 1.82) is 0 Å². The zero-order chi connectivity index (χ0) is 11.5. The van der Waals surface area contributed by atoms with E-state index in [9.17, 15) is 4.79 Å². The Morgan fingerprint density at radius 2 is 2.50 bits per heavy atom. The van der Waals surface area contributed by atoms with Crippen LogP contribution in [-0.2, 0) is 0 Å². The number of carbonyl (C=O) groups is 1. The molecule has 1 unspecified atom stereocenters. The van der Waals surface area contributed by atoms with E-state index in [1.807, 2.05) is 11.8 Å². The molecular weight excluding hydrogens is 272 g/mol. The molecule has 0 radical (unpaired) electrons. The molecule has 2 rings (SSSR count). The fourth-order valence-corrected chi connectivity index (χ4v) is 2.71. The van der Waals surface area contributed by atoms with Crippen molar-refractivity contribution in [3.63, 3.8) is 0 Å². The number of hydrogen-bond acceptors (Lipinski definition) is 3. The van der Waals surface area contributed by atoms with Crippen molar-refractivity contribution < 1.29 is 9.32 Å². The molecule has 0 saturated carbocycles. The summed E-state index contributed by atoms with van der Waals surface area (Å²) in [6.45, 7) is 2.63. The average molecular weight is 287 g/mol. The van der Waals surface area contributed by atoms with Crippen LogP contribution < -0.4 is 0 Å². The van der Waals surface area contributed by atoms with Crippen molar-refractivity contribution in [3.05, 3.63) is 17.5 Å². The number of aromatic nitrogens is 1. The van der Waals surface area contributed by atoms with Gasteiger partial charge in [-0.15, -0.1) is 0 Å². The Morgan fingerprint density at radius 1 is 1.69 bits per heavy atom. The van der Waals surface area contributed by atoms with E-state index in [1.165, 1.54) is 6.42 Å². The molecule has 0 N–H and O–H groups in total. The summed E-state index contributed by atoms with van der Waals surface area (Å²) >= 11 is 3.46. The molecule has 2 heterocycles. The largest absolute Gasteiger partial charge is 0.351 e. The van der Waals surface area contributed by atoms with Crippen LogP contribution >= 0.6 is 15.9 Å². The Balaban J connectivity index is 2.13. The fourth-order valence-electron chi connectivity index (χ4n) is 2.03. The molecule has 0 spiro atoms. The van der Waals surface area contributed by atoms with Crippen molar-refractivity contribution in [2.75, 3.05) is 11.9 Å². The van der Waals surface area contributed by atoms with Gasteiger partial charge in [-0.05, 0) is 26.2 Å². The molecule has 1 aliphatic rings. The molecular formula is C11H15BrN2O2. The first kappa shape index (κ1) is 11.6. The summed E-state index contributed by atoms with van der Waals surface area (Å²) in [6.07, 6.45) is 3.32. The zero-order valence-corrected chi connectivity index (χ0v) is 10.9. The lowest BCUT2D eigenvalue weighted by atomic mass is 10.0. The number of piperidine rings is 1. The lowest BCUT2D eigenvalue weighted by molar-refractivity contribution is 0.0599. The molecule has 1 aromatic rings. The molecule has 16 heavy (non-hydrogen) atoms. The van der Waals surface area contributed by atoms with E-state index in [4.69, 9.17) is 4.52 Å². The number of aryl methyl sites for hydroxylation is 1. The summed E-state index contributed by atoms with van der Waals surface area (Å²) in [5, 5.41) is 4.57. The second kappa shape index (κ2) is 4.99. The van der Waals surface area contributed by atoms with Crippen LogP contribution in [0.15, 0.2) is 10.6 Å². The minimum atomic E-state index is -0.0373. The maximum absolute atomic E-state index is 12.2. The Labute approximate surface area is 103 Å². The highest BCUT2D eigenvalue weighted by Gasteiger charge is 2.28. The summed E-state index contributed by atoms with van der Waals surface area (Å²) in [6, 6.07) is 1.98. The predicted molar refractivity (Wildman–Crippen MR) is 63.7 cm³/mol. The van der Waals surface area contributed by atoms with Gasteiger partial charge in [-0.25, -0.2) is 0 Å². The summed E-state index contributed by atoms with van der Waals surface area (Å²) < 4.78 is 5.02. The molecule has 1 saturated heterocycles. The second-order valence-corrected chi connectivity index (χ2v) is 4.78. The molecule has 1 aromatic heterocycles. The number of carbonyl (C=O) groups excluding carboxylic acids is 1. The molecule has 0 bridgehead atoms. The van der Waals surface area contributed by atoms with Crippen molar-refractivity contribution in [2.24, 2.45) is 0 Å². The molecule has 88 valence electrons. The maximum atomic E-state index is 12.2. The maximum Gasteiger partial charge on any atom is 0.292 e. The molecule has 1 atom stereocenters. The molecule has 1 aliphatic heterocycles. The number of rotatable bonds is 2. The van der Waals surface area contributed by atoms with Gasteiger partial charge in [0.25, 0.3) is 5.91 Å². The summed E-state index contributed by atoms with van der Waals surface area (Å²) in [5.74, 6) is 0.315. The SMILES string of the molecule is Cc1cc(C(=O)N2CCCCC2CBr)on1. The van der Waals surface area contributed by atoms with Crippen molar-refractivity contribution in [3.8, 4) is 0 Å². The fraction of sp³-hybridized carbons (Fsp3) is 0.636. The van der Waals surface area contributed by atoms with E-state index < -0.39 is 0 Å². The summed E-state index contributed by atoms with van der Waals surface area (Å²) in [5.41, 5.74) is 0.746. The Morgan fingerprint density at radius 3 is 3.12 bits per heavy atom. The van der Waals surface area contributed by atoms with Crippen molar-refractivity contribution >= 4 is 21.8 Å². The lowest BCUT2D eigenvalue weighted by Crippen LogP contribution is -2.44. The average Bonchev–Trinajstić information content (AvgIpc) is 2.75. The summed E-state index contributed by atoms with van der Waals surface area (Å²) in [4.78, 5) is 14.0. The highest BCUT2D eigenvalue weighted by atomic mass is 79.9. The quantitative estimate of drug-likeness (QED) is 0.784. The van der Waals surface area contributed by atoms with Gasteiger partial charge in [0, 0.05) is 24.0 Å². The lowest BCUT2D eigenvalue weighted by Gasteiger charge is -2.33. The van der Waals surface area contributed by atoms with Crippen molar-refractivity contribution in [2.45, 2.75) is 32.2 Å². The van der Waals surface area contributed by atoms with E-state index in [0.717, 1.165) is 30.4 Å². The van der Waals surface area contributed by atoms with Crippen LogP contribution in [0.25, 0.3) is 0 Å². The summed E-state index contributed by atoms with van der Waals surface area (Å²) in [7, 11) is 0. The van der Waals surface area contributed by atoms with Crippen LogP contribution in [0.2, 0.25) is 0 Å². The Hall–Kier alpha value is -0.840.